The second-order valence-corrected chi connectivity index (χ2v) is 5.01. The molecule has 1 aromatic heterocycles. The topological polar surface area (TPSA) is 60.5 Å². The van der Waals surface area contributed by atoms with Crippen molar-refractivity contribution < 1.29 is 14.3 Å². The lowest BCUT2D eigenvalue weighted by molar-refractivity contribution is 0.0939. The van der Waals surface area contributed by atoms with E-state index in [1.54, 1.807) is 30.6 Å². The van der Waals surface area contributed by atoms with Gasteiger partial charge in [0.15, 0.2) is 11.5 Å². The van der Waals surface area contributed by atoms with Crippen LogP contribution in [0.4, 0.5) is 0 Å². The number of nitrogens with zero attached hydrogens (tertiary/aromatic N) is 1. The van der Waals surface area contributed by atoms with E-state index in [2.05, 4.69) is 10.3 Å². The summed E-state index contributed by atoms with van der Waals surface area (Å²) in [5, 5.41) is 2.96. The van der Waals surface area contributed by atoms with Gasteiger partial charge in [-0.15, -0.1) is 0 Å². The number of amides is 1. The maximum atomic E-state index is 12.4. The van der Waals surface area contributed by atoms with Crippen molar-refractivity contribution in [3.05, 3.63) is 53.9 Å². The number of hydrogen-bond acceptors (Lipinski definition) is 4. The number of nitrogens with one attached hydrogen (secondary N) is 1. The average Bonchev–Trinajstić information content (AvgIpc) is 2.57. The molecule has 1 amide bonds. The monoisotopic (exact) mass is 314 g/mol. The van der Waals surface area contributed by atoms with Gasteiger partial charge in [0, 0.05) is 18.0 Å². The highest BCUT2D eigenvalue weighted by molar-refractivity contribution is 5.95. The summed E-state index contributed by atoms with van der Waals surface area (Å²) in [6.07, 6.45) is 3.45. The van der Waals surface area contributed by atoms with Crippen LogP contribution in [-0.2, 0) is 0 Å². The minimum atomic E-state index is -0.162. The number of aromatic nitrogens is 1. The normalized spacial score (nSPS) is 11.6. The molecule has 0 radical (unpaired) electrons. The maximum absolute atomic E-state index is 12.4. The summed E-state index contributed by atoms with van der Waals surface area (Å²) < 4.78 is 11.1. The van der Waals surface area contributed by atoms with E-state index in [1.807, 2.05) is 32.9 Å². The molecule has 1 N–H and O–H groups in total. The van der Waals surface area contributed by atoms with Gasteiger partial charge in [-0.1, -0.05) is 6.07 Å². The van der Waals surface area contributed by atoms with Crippen LogP contribution in [0, 0.1) is 0 Å². The summed E-state index contributed by atoms with van der Waals surface area (Å²) in [7, 11) is 0. The first-order valence-corrected chi connectivity index (χ1v) is 7.76. The van der Waals surface area contributed by atoms with Crippen LogP contribution in [0.1, 0.15) is 42.7 Å². The van der Waals surface area contributed by atoms with Crippen molar-refractivity contribution in [1.82, 2.24) is 10.3 Å². The van der Waals surface area contributed by atoms with E-state index < -0.39 is 0 Å². The Morgan fingerprint density at radius 2 is 1.91 bits per heavy atom. The first-order valence-electron chi connectivity index (χ1n) is 7.76. The lowest BCUT2D eigenvalue weighted by Crippen LogP contribution is -2.26. The molecule has 0 saturated carbocycles. The molecule has 0 saturated heterocycles. The van der Waals surface area contributed by atoms with Crippen molar-refractivity contribution in [2.75, 3.05) is 13.2 Å². The molecule has 0 bridgehead atoms. The summed E-state index contributed by atoms with van der Waals surface area (Å²) in [6, 6.07) is 8.86. The zero-order valence-electron chi connectivity index (χ0n) is 13.7. The number of ether oxygens (including phenoxy) is 2. The summed E-state index contributed by atoms with van der Waals surface area (Å²) in [5.41, 5.74) is 1.49. The molecule has 1 unspecified atom stereocenters. The first kappa shape index (κ1) is 16.8. The van der Waals surface area contributed by atoms with Gasteiger partial charge in [0.2, 0.25) is 0 Å². The molecule has 0 aliphatic carbocycles. The Hall–Kier alpha value is -2.56. The molecule has 5 nitrogen and oxygen atoms in total. The third kappa shape index (κ3) is 4.45. The molecule has 1 heterocycles. The van der Waals surface area contributed by atoms with E-state index in [0.717, 1.165) is 5.56 Å². The van der Waals surface area contributed by atoms with Gasteiger partial charge in [-0.2, -0.15) is 0 Å². The number of rotatable bonds is 7. The van der Waals surface area contributed by atoms with Crippen molar-refractivity contribution in [2.24, 2.45) is 0 Å². The lowest BCUT2D eigenvalue weighted by Gasteiger charge is -2.15. The van der Waals surface area contributed by atoms with E-state index in [9.17, 15) is 4.79 Å². The summed E-state index contributed by atoms with van der Waals surface area (Å²) in [6.45, 7) is 6.78. The molecular weight excluding hydrogens is 292 g/mol. The van der Waals surface area contributed by atoms with Crippen molar-refractivity contribution in [1.29, 1.82) is 0 Å². The van der Waals surface area contributed by atoms with Crippen LogP contribution in [0.25, 0.3) is 0 Å². The molecule has 122 valence electrons. The van der Waals surface area contributed by atoms with Gasteiger partial charge in [-0.3, -0.25) is 9.78 Å². The van der Waals surface area contributed by atoms with E-state index in [-0.39, 0.29) is 11.9 Å². The van der Waals surface area contributed by atoms with Gasteiger partial charge in [0.05, 0.1) is 19.3 Å². The number of hydrogen-bond donors (Lipinski definition) is 1. The van der Waals surface area contributed by atoms with Crippen molar-refractivity contribution in [2.45, 2.75) is 26.8 Å². The van der Waals surface area contributed by atoms with Crippen molar-refractivity contribution in [3.63, 3.8) is 0 Å². The molecule has 1 aromatic carbocycles. The molecule has 0 spiro atoms. The Balaban J connectivity index is 2.14. The highest BCUT2D eigenvalue weighted by atomic mass is 16.5. The van der Waals surface area contributed by atoms with Crippen LogP contribution in [-0.4, -0.2) is 24.1 Å². The van der Waals surface area contributed by atoms with Crippen LogP contribution in [0.2, 0.25) is 0 Å². The summed E-state index contributed by atoms with van der Waals surface area (Å²) in [5.74, 6) is 1.06. The molecular formula is C18H22N2O3. The van der Waals surface area contributed by atoms with Crippen LogP contribution in [0.5, 0.6) is 11.5 Å². The second-order valence-electron chi connectivity index (χ2n) is 5.01. The van der Waals surface area contributed by atoms with Crippen LogP contribution < -0.4 is 14.8 Å². The highest BCUT2D eigenvalue weighted by Gasteiger charge is 2.14. The van der Waals surface area contributed by atoms with Gasteiger partial charge in [0.1, 0.15) is 0 Å². The van der Waals surface area contributed by atoms with Crippen LogP contribution in [0.15, 0.2) is 42.7 Å². The van der Waals surface area contributed by atoms with Crippen LogP contribution in [0.3, 0.4) is 0 Å². The molecule has 0 aliphatic heterocycles. The number of carbonyl (C=O) groups excluding carboxylic acids is 1. The zero-order chi connectivity index (χ0) is 16.7. The first-order chi connectivity index (χ1) is 11.2. The van der Waals surface area contributed by atoms with Gasteiger partial charge in [-0.25, -0.2) is 0 Å². The fourth-order valence-electron chi connectivity index (χ4n) is 2.19. The molecule has 0 aliphatic rings. The predicted octanol–water partition coefficient (Wildman–Crippen LogP) is 3.37. The molecule has 2 aromatic rings. The van der Waals surface area contributed by atoms with Crippen LogP contribution >= 0.6 is 0 Å². The third-order valence-electron chi connectivity index (χ3n) is 3.34. The summed E-state index contributed by atoms with van der Waals surface area (Å²) >= 11 is 0. The molecule has 23 heavy (non-hydrogen) atoms. The molecule has 5 heteroatoms. The van der Waals surface area contributed by atoms with Crippen molar-refractivity contribution >= 4 is 5.91 Å². The Bertz CT molecular complexity index is 644. The maximum Gasteiger partial charge on any atom is 0.251 e. The van der Waals surface area contributed by atoms with Gasteiger partial charge in [0.25, 0.3) is 5.91 Å². The Morgan fingerprint density at radius 1 is 1.17 bits per heavy atom. The Labute approximate surface area is 136 Å². The minimum Gasteiger partial charge on any atom is -0.490 e. The quantitative estimate of drug-likeness (QED) is 0.851. The van der Waals surface area contributed by atoms with E-state index >= 15 is 0 Å². The molecule has 1 atom stereocenters. The van der Waals surface area contributed by atoms with E-state index in [0.29, 0.717) is 30.3 Å². The smallest absolute Gasteiger partial charge is 0.251 e. The van der Waals surface area contributed by atoms with Gasteiger partial charge in [-0.05, 0) is 50.6 Å². The second kappa shape index (κ2) is 8.17. The number of benzene rings is 1. The van der Waals surface area contributed by atoms with E-state index in [4.69, 9.17) is 9.47 Å². The summed E-state index contributed by atoms with van der Waals surface area (Å²) in [4.78, 5) is 16.5. The van der Waals surface area contributed by atoms with Gasteiger partial charge >= 0.3 is 0 Å². The third-order valence-corrected chi connectivity index (χ3v) is 3.34. The predicted molar refractivity (Wildman–Crippen MR) is 88.9 cm³/mol. The number of pyridine rings is 1. The lowest BCUT2D eigenvalue weighted by atomic mass is 10.1. The van der Waals surface area contributed by atoms with Gasteiger partial charge < -0.3 is 14.8 Å². The fourth-order valence-corrected chi connectivity index (χ4v) is 2.19. The average molecular weight is 314 g/mol. The molecule has 2 rings (SSSR count). The van der Waals surface area contributed by atoms with E-state index in [1.165, 1.54) is 0 Å². The highest BCUT2D eigenvalue weighted by Crippen LogP contribution is 2.28. The molecule has 0 fully saturated rings. The standard InChI is InChI=1S/C18H22N2O3/c1-4-22-16-9-8-14(11-17(16)23-5-2)18(21)20-13(3)15-7-6-10-19-12-15/h6-13H,4-5H2,1-3H3,(H,20,21). The zero-order valence-corrected chi connectivity index (χ0v) is 13.7. The fraction of sp³-hybridized carbons (Fsp3) is 0.333. The Morgan fingerprint density at radius 3 is 2.57 bits per heavy atom. The Kier molecular flexibility index (Phi) is 5.97. The minimum absolute atomic E-state index is 0.127. The largest absolute Gasteiger partial charge is 0.490 e. The number of carbonyl (C=O) groups is 1. The SMILES string of the molecule is CCOc1ccc(C(=O)NC(C)c2cccnc2)cc1OCC. The van der Waals surface area contributed by atoms with Crippen molar-refractivity contribution in [3.8, 4) is 11.5 Å².